The minimum absolute atomic E-state index is 0.0220. The number of esters is 1. The lowest BCUT2D eigenvalue weighted by Crippen LogP contribution is -2.52. The van der Waals surface area contributed by atoms with Crippen molar-refractivity contribution in [3.8, 4) is 0 Å². The lowest BCUT2D eigenvalue weighted by molar-refractivity contribution is -0.163. The summed E-state index contributed by atoms with van der Waals surface area (Å²) in [7, 11) is 0. The van der Waals surface area contributed by atoms with Crippen molar-refractivity contribution in [1.29, 1.82) is 0 Å². The van der Waals surface area contributed by atoms with E-state index < -0.39 is 11.1 Å². The number of hydrogen-bond acceptors (Lipinski definition) is 5. The second-order valence-electron chi connectivity index (χ2n) is 8.33. The van der Waals surface area contributed by atoms with Crippen molar-refractivity contribution in [3.05, 3.63) is 28.7 Å². The van der Waals surface area contributed by atoms with Gasteiger partial charge in [0.25, 0.3) is 0 Å². The van der Waals surface area contributed by atoms with Gasteiger partial charge in [0.05, 0.1) is 6.04 Å². The molecule has 0 aromatic carbocycles. The largest absolute Gasteiger partial charge is 0.459 e. The molecule has 1 fully saturated rings. The highest BCUT2D eigenvalue weighted by Crippen LogP contribution is 2.45. The van der Waals surface area contributed by atoms with Gasteiger partial charge in [-0.3, -0.25) is 10.1 Å². The first kappa shape index (κ1) is 19.1. The van der Waals surface area contributed by atoms with E-state index in [2.05, 4.69) is 30.7 Å². The summed E-state index contributed by atoms with van der Waals surface area (Å²) < 4.78 is 5.77. The number of nitrogens with zero attached hydrogens (tertiary/aromatic N) is 1. The Labute approximate surface area is 149 Å². The molecular weight excluding hydrogens is 320 g/mol. The molecule has 3 atom stereocenters. The van der Waals surface area contributed by atoms with Gasteiger partial charge in [-0.15, -0.1) is 11.3 Å². The van der Waals surface area contributed by atoms with Gasteiger partial charge in [-0.25, -0.2) is 4.98 Å². The smallest absolute Gasteiger partial charge is 0.326 e. The maximum absolute atomic E-state index is 13.1. The third kappa shape index (κ3) is 4.25. The normalized spacial score (nSPS) is 27.5. The van der Waals surface area contributed by atoms with E-state index in [1.165, 1.54) is 0 Å². The van der Waals surface area contributed by atoms with Crippen LogP contribution in [0.1, 0.15) is 65.4 Å². The van der Waals surface area contributed by atoms with Gasteiger partial charge in [0, 0.05) is 17.5 Å². The molecule has 0 unspecified atom stereocenters. The van der Waals surface area contributed by atoms with Crippen LogP contribution in [0.25, 0.3) is 0 Å². The van der Waals surface area contributed by atoms with Crippen molar-refractivity contribution in [3.63, 3.8) is 0 Å². The summed E-state index contributed by atoms with van der Waals surface area (Å²) in [6.45, 7) is 16.2. The average molecular weight is 351 g/mol. The molecule has 1 aromatic rings. The van der Waals surface area contributed by atoms with Gasteiger partial charge in [0.15, 0.2) is 0 Å². The van der Waals surface area contributed by atoms with Gasteiger partial charge in [0.2, 0.25) is 0 Å². The van der Waals surface area contributed by atoms with Crippen LogP contribution in [0, 0.1) is 11.8 Å². The molecule has 0 aliphatic carbocycles. The fraction of sp³-hybridized carbons (Fsp3) is 0.684. The SMILES string of the molecule is C=C(C)[C@@H]1C[C@@](CC(C)C)(C(=O)OC(C)(C)C)N[C@H]1c1nccs1. The van der Waals surface area contributed by atoms with Gasteiger partial charge in [0.1, 0.15) is 16.1 Å². The van der Waals surface area contributed by atoms with E-state index in [0.29, 0.717) is 12.3 Å². The molecule has 0 saturated carbocycles. The first-order valence-corrected chi connectivity index (χ1v) is 9.48. The molecule has 5 heteroatoms. The van der Waals surface area contributed by atoms with Crippen LogP contribution < -0.4 is 5.32 Å². The van der Waals surface area contributed by atoms with Crippen LogP contribution in [0.5, 0.6) is 0 Å². The maximum atomic E-state index is 13.1. The van der Waals surface area contributed by atoms with Crippen LogP contribution in [0.3, 0.4) is 0 Å². The van der Waals surface area contributed by atoms with E-state index in [1.807, 2.05) is 39.3 Å². The highest BCUT2D eigenvalue weighted by atomic mass is 32.1. The number of hydrogen-bond donors (Lipinski definition) is 1. The standard InChI is InChI=1S/C19H30N2O2S/c1-12(2)10-19(17(22)23-18(5,6)7)11-14(13(3)4)15(21-19)16-20-8-9-24-16/h8-9,12,14-15,21H,3,10-11H2,1-2,4-7H3/t14-,15+,19-/m0/s1. The van der Waals surface area contributed by atoms with Gasteiger partial charge in [-0.05, 0) is 46.5 Å². The monoisotopic (exact) mass is 350 g/mol. The van der Waals surface area contributed by atoms with Crippen LogP contribution in [-0.2, 0) is 9.53 Å². The average Bonchev–Trinajstić information content (AvgIpc) is 3.02. The van der Waals surface area contributed by atoms with Gasteiger partial charge in [-0.1, -0.05) is 26.0 Å². The summed E-state index contributed by atoms with van der Waals surface area (Å²) in [6.07, 6.45) is 3.26. The fourth-order valence-electron chi connectivity index (χ4n) is 3.47. The van der Waals surface area contributed by atoms with Crippen molar-refractivity contribution in [1.82, 2.24) is 10.3 Å². The predicted molar refractivity (Wildman–Crippen MR) is 98.9 cm³/mol. The highest BCUT2D eigenvalue weighted by molar-refractivity contribution is 7.09. The van der Waals surface area contributed by atoms with E-state index in [-0.39, 0.29) is 17.9 Å². The molecule has 1 aliphatic rings. The summed E-state index contributed by atoms with van der Waals surface area (Å²) in [5, 5.41) is 6.59. The molecule has 134 valence electrons. The fourth-order valence-corrected chi connectivity index (χ4v) is 4.22. The number of thiazole rings is 1. The zero-order valence-corrected chi connectivity index (χ0v) is 16.5. The van der Waals surface area contributed by atoms with Crippen molar-refractivity contribution in [2.45, 2.75) is 71.6 Å². The third-order valence-corrected chi connectivity index (χ3v) is 5.16. The van der Waals surface area contributed by atoms with Crippen LogP contribution in [-0.4, -0.2) is 22.1 Å². The number of nitrogens with one attached hydrogen (secondary N) is 1. The predicted octanol–water partition coefficient (Wildman–Crippen LogP) is 4.50. The Morgan fingerprint density at radius 2 is 2.21 bits per heavy atom. The summed E-state index contributed by atoms with van der Waals surface area (Å²) >= 11 is 1.62. The molecule has 2 rings (SSSR count). The summed E-state index contributed by atoms with van der Waals surface area (Å²) in [6, 6.07) is 0.0220. The quantitative estimate of drug-likeness (QED) is 0.627. The Balaban J connectivity index is 2.37. The van der Waals surface area contributed by atoms with Gasteiger partial charge in [-0.2, -0.15) is 0 Å². The van der Waals surface area contributed by atoms with Crippen molar-refractivity contribution in [2.75, 3.05) is 0 Å². The molecule has 4 nitrogen and oxygen atoms in total. The van der Waals surface area contributed by atoms with E-state index in [4.69, 9.17) is 4.74 Å². The Kier molecular flexibility index (Phi) is 5.55. The lowest BCUT2D eigenvalue weighted by atomic mass is 9.82. The molecule has 1 aliphatic heterocycles. The van der Waals surface area contributed by atoms with E-state index in [0.717, 1.165) is 17.0 Å². The molecule has 2 heterocycles. The van der Waals surface area contributed by atoms with E-state index in [1.54, 1.807) is 11.3 Å². The number of carbonyl (C=O) groups excluding carboxylic acids is 1. The second-order valence-corrected chi connectivity index (χ2v) is 9.26. The Morgan fingerprint density at radius 1 is 1.54 bits per heavy atom. The van der Waals surface area contributed by atoms with Crippen LogP contribution in [0.2, 0.25) is 0 Å². The molecule has 0 bridgehead atoms. The molecule has 0 radical (unpaired) electrons. The molecule has 0 amide bonds. The van der Waals surface area contributed by atoms with Crippen LogP contribution in [0.4, 0.5) is 0 Å². The molecule has 24 heavy (non-hydrogen) atoms. The van der Waals surface area contributed by atoms with Crippen LogP contribution >= 0.6 is 11.3 Å². The molecular formula is C19H30N2O2S. The molecule has 1 N–H and O–H groups in total. The molecule has 0 spiro atoms. The third-order valence-electron chi connectivity index (χ3n) is 4.30. The van der Waals surface area contributed by atoms with Crippen molar-refractivity contribution < 1.29 is 9.53 Å². The van der Waals surface area contributed by atoms with E-state index >= 15 is 0 Å². The number of ether oxygens (including phenoxy) is 1. The van der Waals surface area contributed by atoms with Crippen LogP contribution in [0.15, 0.2) is 23.7 Å². The number of rotatable bonds is 5. The Hall–Kier alpha value is -1.20. The van der Waals surface area contributed by atoms with E-state index in [9.17, 15) is 4.79 Å². The summed E-state index contributed by atoms with van der Waals surface area (Å²) in [5.74, 6) is 0.405. The second kappa shape index (κ2) is 6.96. The number of carbonyl (C=O) groups is 1. The van der Waals surface area contributed by atoms with Crippen molar-refractivity contribution >= 4 is 17.3 Å². The highest BCUT2D eigenvalue weighted by Gasteiger charge is 2.52. The number of aromatic nitrogens is 1. The molecule has 1 aromatic heterocycles. The first-order chi connectivity index (χ1) is 11.0. The summed E-state index contributed by atoms with van der Waals surface area (Å²) in [4.78, 5) is 17.5. The maximum Gasteiger partial charge on any atom is 0.326 e. The van der Waals surface area contributed by atoms with Crippen molar-refractivity contribution in [2.24, 2.45) is 11.8 Å². The Morgan fingerprint density at radius 3 is 2.67 bits per heavy atom. The lowest BCUT2D eigenvalue weighted by Gasteiger charge is -2.33. The molecule has 1 saturated heterocycles. The zero-order chi connectivity index (χ0) is 18.1. The minimum Gasteiger partial charge on any atom is -0.459 e. The Bertz CT molecular complexity index is 589. The first-order valence-electron chi connectivity index (χ1n) is 8.60. The zero-order valence-electron chi connectivity index (χ0n) is 15.7. The minimum atomic E-state index is -0.679. The summed E-state index contributed by atoms with van der Waals surface area (Å²) in [5.41, 5.74) is -0.0980. The topological polar surface area (TPSA) is 51.2 Å². The van der Waals surface area contributed by atoms with Gasteiger partial charge < -0.3 is 4.74 Å². The van der Waals surface area contributed by atoms with Gasteiger partial charge >= 0.3 is 5.97 Å².